The monoisotopic (exact) mass is 570 g/mol. The van der Waals surface area contributed by atoms with Gasteiger partial charge in [-0.05, 0) is 54.7 Å². The summed E-state index contributed by atoms with van der Waals surface area (Å²) in [4.78, 5) is 15.0. The van der Waals surface area contributed by atoms with Crippen LogP contribution >= 0.6 is 0 Å². The number of nitrogens with zero attached hydrogens (tertiary/aromatic N) is 2. The van der Waals surface area contributed by atoms with E-state index in [1.54, 1.807) is 0 Å². The van der Waals surface area contributed by atoms with Crippen molar-refractivity contribution in [3.8, 4) is 0 Å². The number of fused-ring (bicyclic) bond motifs is 3. The molecule has 1 aliphatic carbocycles. The molecule has 208 valence electrons. The zero-order chi connectivity index (χ0) is 28.5. The van der Waals surface area contributed by atoms with Gasteiger partial charge in [-0.25, -0.2) is 22.0 Å². The average Bonchev–Trinajstić information content (AvgIpc) is 3.23. The number of sulfone groups is 1. The molecule has 1 heterocycles. The van der Waals surface area contributed by atoms with E-state index in [1.807, 2.05) is 0 Å². The fourth-order valence-electron chi connectivity index (χ4n) is 5.54. The molecular weight excluding hydrogens is 548 g/mol. The minimum atomic E-state index is -6.34. The molecule has 1 aliphatic heterocycles. The fourth-order valence-corrected chi connectivity index (χ4v) is 7.91. The highest BCUT2D eigenvalue weighted by Crippen LogP contribution is 2.56. The quantitative estimate of drug-likeness (QED) is 0.363. The van der Waals surface area contributed by atoms with E-state index in [9.17, 15) is 48.3 Å². The maximum absolute atomic E-state index is 14.8. The Bertz CT molecular complexity index is 1340. The van der Waals surface area contributed by atoms with Crippen molar-refractivity contribution >= 4 is 15.9 Å². The van der Waals surface area contributed by atoms with Crippen LogP contribution < -0.4 is 0 Å². The van der Waals surface area contributed by atoms with E-state index in [0.717, 1.165) is 30.3 Å². The smallest absolute Gasteiger partial charge is 0.331 e. The van der Waals surface area contributed by atoms with Crippen molar-refractivity contribution in [2.45, 2.75) is 53.0 Å². The molecule has 0 spiro atoms. The predicted molar refractivity (Wildman–Crippen MR) is 119 cm³/mol. The maximum atomic E-state index is 14.8. The highest BCUT2D eigenvalue weighted by atomic mass is 32.2. The third-order valence-corrected chi connectivity index (χ3v) is 9.85. The summed E-state index contributed by atoms with van der Waals surface area (Å²) in [5.41, 5.74) is -7.73. The number of aryl methyl sites for hydroxylation is 1. The van der Waals surface area contributed by atoms with E-state index >= 15 is 0 Å². The number of hydrogen-bond acceptors (Lipinski definition) is 3. The van der Waals surface area contributed by atoms with Crippen molar-refractivity contribution in [2.75, 3.05) is 20.6 Å². The van der Waals surface area contributed by atoms with Crippen molar-refractivity contribution in [3.63, 3.8) is 0 Å². The van der Waals surface area contributed by atoms with Crippen molar-refractivity contribution in [1.29, 1.82) is 0 Å². The summed E-state index contributed by atoms with van der Waals surface area (Å²) in [6.07, 6.45) is -13.2. The lowest BCUT2D eigenvalue weighted by atomic mass is 9.77. The van der Waals surface area contributed by atoms with Gasteiger partial charge >= 0.3 is 24.1 Å². The van der Waals surface area contributed by atoms with Gasteiger partial charge in [0, 0.05) is 26.2 Å². The maximum Gasteiger partial charge on any atom is 0.435 e. The Labute approximate surface area is 212 Å². The number of benzene rings is 2. The first-order valence-electron chi connectivity index (χ1n) is 11.3. The molecule has 5 nitrogen and oxygen atoms in total. The van der Waals surface area contributed by atoms with Crippen LogP contribution in [0.3, 0.4) is 0 Å². The largest absolute Gasteiger partial charge is 0.435 e. The summed E-state index contributed by atoms with van der Waals surface area (Å²) in [5, 5.41) is 0. The Morgan fingerprint density at radius 3 is 2.08 bits per heavy atom. The Morgan fingerprint density at radius 1 is 0.974 bits per heavy atom. The summed E-state index contributed by atoms with van der Waals surface area (Å²) in [6.45, 7) is -0.0819. The number of carbonyl (C=O) groups excluding carboxylic acids is 1. The van der Waals surface area contributed by atoms with Crippen LogP contribution in [-0.4, -0.2) is 63.3 Å². The van der Waals surface area contributed by atoms with E-state index < -0.39 is 56.1 Å². The Morgan fingerprint density at radius 2 is 1.55 bits per heavy atom. The first-order chi connectivity index (χ1) is 17.4. The summed E-state index contributed by atoms with van der Waals surface area (Å²) in [7, 11) is -1.63. The molecule has 2 amide bonds. The minimum Gasteiger partial charge on any atom is -0.331 e. The number of likely N-dealkylation sites (tertiary alicyclic amines) is 1. The van der Waals surface area contributed by atoms with Crippen LogP contribution in [-0.2, 0) is 26.7 Å². The number of carbonyl (C=O) groups is 1. The molecule has 2 atom stereocenters. The summed E-state index contributed by atoms with van der Waals surface area (Å²) in [6, 6.07) is 3.68. The molecule has 2 aromatic rings. The number of alkyl halides is 7. The Balaban J connectivity index is 1.97. The van der Waals surface area contributed by atoms with Crippen molar-refractivity contribution in [1.82, 2.24) is 9.80 Å². The summed E-state index contributed by atoms with van der Waals surface area (Å²) < 4.78 is 135. The van der Waals surface area contributed by atoms with E-state index in [2.05, 4.69) is 0 Å². The topological polar surface area (TPSA) is 57.7 Å². The van der Waals surface area contributed by atoms with Crippen LogP contribution in [0.15, 0.2) is 47.4 Å². The molecule has 2 aromatic carbocycles. The van der Waals surface area contributed by atoms with Gasteiger partial charge in [-0.2, -0.15) is 26.3 Å². The van der Waals surface area contributed by atoms with Crippen LogP contribution in [0, 0.1) is 5.82 Å². The number of hydrogen-bond donors (Lipinski definition) is 0. The lowest BCUT2D eigenvalue weighted by Gasteiger charge is -2.43. The second-order valence-corrected chi connectivity index (χ2v) is 11.8. The van der Waals surface area contributed by atoms with Crippen LogP contribution in [0.1, 0.15) is 29.5 Å². The lowest BCUT2D eigenvalue weighted by Crippen LogP contribution is -2.54. The highest BCUT2D eigenvalue weighted by molar-refractivity contribution is 7.92. The number of rotatable bonds is 3. The SMILES string of the molecule is CN(C)C(=O)N1CC[C@@]2(S(=O)(=O)c3ccc(F)cc3)c3ccc(C(F)(C(F)(F)F)C(F)(F)F)cc3CC[C@@H]12. The van der Waals surface area contributed by atoms with Gasteiger partial charge in [-0.3, -0.25) is 0 Å². The fraction of sp³-hybridized carbons (Fsp3) is 0.458. The highest BCUT2D eigenvalue weighted by Gasteiger charge is 2.73. The van der Waals surface area contributed by atoms with Gasteiger partial charge in [-0.1, -0.05) is 18.2 Å². The van der Waals surface area contributed by atoms with Gasteiger partial charge in [0.1, 0.15) is 10.6 Å². The number of halogens is 8. The van der Waals surface area contributed by atoms with Crippen LogP contribution in [0.2, 0.25) is 0 Å². The molecule has 0 bridgehead atoms. The van der Waals surface area contributed by atoms with Crippen LogP contribution in [0.25, 0.3) is 0 Å². The van der Waals surface area contributed by atoms with E-state index in [4.69, 9.17) is 0 Å². The molecule has 1 fully saturated rings. The first kappa shape index (κ1) is 28.1. The standard InChI is InChI=1S/C24H22F8N2O3S/c1-33(2)20(35)34-12-11-21(38(36,37)17-7-5-16(25)6-8-17)18-9-4-15(13-14(18)3-10-19(21)34)22(26,23(27,28)29)24(30,31)32/h4-9,13,19H,3,10-12H2,1-2H3/t19-,21-/m1/s1. The van der Waals surface area contributed by atoms with Gasteiger partial charge < -0.3 is 9.80 Å². The molecule has 0 radical (unpaired) electrons. The Hall–Kier alpha value is -2.90. The zero-order valence-electron chi connectivity index (χ0n) is 20.0. The molecule has 4 rings (SSSR count). The lowest BCUT2D eigenvalue weighted by molar-refractivity contribution is -0.348. The molecule has 0 saturated carbocycles. The number of urea groups is 1. The molecule has 1 saturated heterocycles. The Kier molecular flexibility index (Phi) is 6.52. The van der Waals surface area contributed by atoms with Crippen molar-refractivity contribution in [3.05, 3.63) is 65.0 Å². The zero-order valence-corrected chi connectivity index (χ0v) is 20.8. The number of amides is 2. The molecule has 0 unspecified atom stereocenters. The normalized spacial score (nSPS) is 22.2. The van der Waals surface area contributed by atoms with E-state index in [0.29, 0.717) is 12.1 Å². The minimum absolute atomic E-state index is 0.0819. The van der Waals surface area contributed by atoms with Gasteiger partial charge in [-0.15, -0.1) is 0 Å². The molecule has 14 heteroatoms. The molecule has 0 N–H and O–H groups in total. The van der Waals surface area contributed by atoms with Crippen molar-refractivity contribution < 1.29 is 48.3 Å². The van der Waals surface area contributed by atoms with E-state index in [-0.39, 0.29) is 41.8 Å². The van der Waals surface area contributed by atoms with Crippen LogP contribution in [0.4, 0.5) is 39.9 Å². The molecule has 2 aliphatic rings. The molecule has 0 aromatic heterocycles. The third kappa shape index (κ3) is 3.85. The second kappa shape index (κ2) is 8.82. The summed E-state index contributed by atoms with van der Waals surface area (Å²) in [5.74, 6) is -0.735. The predicted octanol–water partition coefficient (Wildman–Crippen LogP) is 5.49. The van der Waals surface area contributed by atoms with Gasteiger partial charge in [0.25, 0.3) is 0 Å². The second-order valence-electron chi connectivity index (χ2n) is 9.55. The van der Waals surface area contributed by atoms with Gasteiger partial charge in [0.15, 0.2) is 9.84 Å². The van der Waals surface area contributed by atoms with Crippen LogP contribution in [0.5, 0.6) is 0 Å². The van der Waals surface area contributed by atoms with E-state index in [1.165, 1.54) is 23.9 Å². The van der Waals surface area contributed by atoms with Crippen molar-refractivity contribution in [2.24, 2.45) is 0 Å². The average molecular weight is 571 g/mol. The van der Waals surface area contributed by atoms with Gasteiger partial charge in [0.2, 0.25) is 0 Å². The first-order valence-corrected chi connectivity index (χ1v) is 12.8. The molecular formula is C24H22F8N2O3S. The summed E-state index contributed by atoms with van der Waals surface area (Å²) >= 11 is 0. The van der Waals surface area contributed by atoms with Gasteiger partial charge in [0.05, 0.1) is 10.9 Å². The third-order valence-electron chi connectivity index (χ3n) is 7.30. The molecule has 38 heavy (non-hydrogen) atoms.